The van der Waals surface area contributed by atoms with Gasteiger partial charge in [0.15, 0.2) is 11.5 Å². The lowest BCUT2D eigenvalue weighted by Gasteiger charge is -2.17. The van der Waals surface area contributed by atoms with Gasteiger partial charge in [-0.05, 0) is 25.0 Å². The Morgan fingerprint density at radius 2 is 2.10 bits per heavy atom. The maximum atomic E-state index is 11.7. The third-order valence-electron chi connectivity index (χ3n) is 5.02. The summed E-state index contributed by atoms with van der Waals surface area (Å²) in [7, 11) is 0. The maximum absolute atomic E-state index is 11.7. The molecule has 0 saturated carbocycles. The highest BCUT2D eigenvalue weighted by atomic mass is 32.1. The topological polar surface area (TPSA) is 77.8 Å². The lowest BCUT2D eigenvalue weighted by atomic mass is 10.1. The van der Waals surface area contributed by atoms with Crippen LogP contribution in [0.1, 0.15) is 22.8 Å². The number of benzene rings is 2. The average molecular weight is 433 g/mol. The van der Waals surface area contributed by atoms with Gasteiger partial charge in [0.05, 0.1) is 17.9 Å². The Kier molecular flexibility index (Phi) is 5.13. The van der Waals surface area contributed by atoms with E-state index in [9.17, 15) is 4.79 Å². The molecule has 156 valence electrons. The van der Waals surface area contributed by atoms with Crippen molar-refractivity contribution in [3.8, 4) is 11.3 Å². The summed E-state index contributed by atoms with van der Waals surface area (Å²) < 4.78 is 12.6. The van der Waals surface area contributed by atoms with Gasteiger partial charge >= 0.3 is 0 Å². The average Bonchev–Trinajstić information content (AvgIpc) is 3.51. The van der Waals surface area contributed by atoms with Crippen molar-refractivity contribution in [3.05, 3.63) is 83.9 Å². The predicted molar refractivity (Wildman–Crippen MR) is 119 cm³/mol. The summed E-state index contributed by atoms with van der Waals surface area (Å²) in [4.78, 5) is 17.1. The first-order valence-electron chi connectivity index (χ1n) is 9.88. The van der Waals surface area contributed by atoms with Gasteiger partial charge in [0, 0.05) is 11.1 Å². The van der Waals surface area contributed by atoms with Gasteiger partial charge in [-0.25, -0.2) is 9.50 Å². The first-order valence-corrected chi connectivity index (χ1v) is 10.7. The Labute approximate surface area is 183 Å². The smallest absolute Gasteiger partial charge is 0.229 e. The molecular formula is C23H20N4O3S. The molecule has 1 aliphatic rings. The van der Waals surface area contributed by atoms with Crippen LogP contribution in [0.15, 0.2) is 72.8 Å². The lowest BCUT2D eigenvalue weighted by Crippen LogP contribution is -2.25. The molecule has 0 bridgehead atoms. The van der Waals surface area contributed by atoms with Crippen LogP contribution in [0.4, 0.5) is 5.13 Å². The zero-order chi connectivity index (χ0) is 21.2. The number of nitrogens with zero attached hydrogens (tertiary/aromatic N) is 3. The number of hydrogen-bond donors (Lipinski definition) is 1. The van der Waals surface area contributed by atoms with E-state index in [1.165, 1.54) is 16.9 Å². The molecule has 0 aliphatic carbocycles. The Morgan fingerprint density at radius 3 is 2.84 bits per heavy atom. The second-order valence-corrected chi connectivity index (χ2v) is 8.19. The minimum atomic E-state index is -0.104. The maximum Gasteiger partial charge on any atom is 0.229 e. The van der Waals surface area contributed by atoms with E-state index in [4.69, 9.17) is 9.47 Å². The van der Waals surface area contributed by atoms with Crippen molar-refractivity contribution < 1.29 is 14.3 Å². The van der Waals surface area contributed by atoms with Gasteiger partial charge in [-0.2, -0.15) is 0 Å². The van der Waals surface area contributed by atoms with E-state index in [1.807, 2.05) is 42.6 Å². The van der Waals surface area contributed by atoms with Gasteiger partial charge in [-0.15, -0.1) is 5.10 Å². The van der Waals surface area contributed by atoms with Crippen LogP contribution < -0.4 is 5.32 Å². The molecule has 3 heterocycles. The first kappa shape index (κ1) is 19.3. The third kappa shape index (κ3) is 4.15. The number of hydrogen-bond acceptors (Lipinski definition) is 7. The number of imidazole rings is 1. The molecule has 1 aliphatic heterocycles. The number of carbonyl (C=O) groups excluding carboxylic acids is 1. The van der Waals surface area contributed by atoms with Crippen molar-refractivity contribution in [1.82, 2.24) is 14.6 Å². The number of nitrogens with one attached hydrogen (secondary N) is 1. The van der Waals surface area contributed by atoms with Crippen LogP contribution in [0.5, 0.6) is 0 Å². The van der Waals surface area contributed by atoms with E-state index in [2.05, 4.69) is 27.5 Å². The molecular weight excluding hydrogens is 412 g/mol. The van der Waals surface area contributed by atoms with Crippen molar-refractivity contribution in [1.29, 1.82) is 0 Å². The molecule has 7 nitrogen and oxygen atoms in total. The number of ketones is 1. The third-order valence-corrected chi connectivity index (χ3v) is 5.88. The van der Waals surface area contributed by atoms with Gasteiger partial charge in [0.1, 0.15) is 6.26 Å². The van der Waals surface area contributed by atoms with Gasteiger partial charge in [-0.3, -0.25) is 4.79 Å². The number of ether oxygens (including phenoxy) is 2. The first-order chi connectivity index (χ1) is 15.2. The Bertz CT molecular complexity index is 1230. The SMILES string of the molecule is CC(=O)c1cccc(-c2cn3nc(NC(Cc4ccccc4)C4=COCO4)sc3n2)c1. The molecule has 0 fully saturated rings. The van der Waals surface area contributed by atoms with Crippen LogP contribution in [0.3, 0.4) is 0 Å². The van der Waals surface area contributed by atoms with Crippen molar-refractivity contribution in [2.24, 2.45) is 0 Å². The van der Waals surface area contributed by atoms with Gasteiger partial charge < -0.3 is 14.8 Å². The molecule has 2 aromatic carbocycles. The fourth-order valence-electron chi connectivity index (χ4n) is 3.45. The molecule has 0 amide bonds. The number of aromatic nitrogens is 3. The van der Waals surface area contributed by atoms with Crippen molar-refractivity contribution >= 4 is 27.2 Å². The monoisotopic (exact) mass is 432 g/mol. The molecule has 8 heteroatoms. The number of rotatable bonds is 7. The van der Waals surface area contributed by atoms with E-state index < -0.39 is 0 Å². The zero-order valence-electron chi connectivity index (χ0n) is 16.8. The van der Waals surface area contributed by atoms with Crippen molar-refractivity contribution in [3.63, 3.8) is 0 Å². The molecule has 0 saturated heterocycles. The molecule has 1 N–H and O–H groups in total. The molecule has 31 heavy (non-hydrogen) atoms. The zero-order valence-corrected chi connectivity index (χ0v) is 17.6. The summed E-state index contributed by atoms with van der Waals surface area (Å²) in [5, 5.41) is 8.84. The Balaban J connectivity index is 1.39. The Hall–Kier alpha value is -3.65. The van der Waals surface area contributed by atoms with E-state index in [-0.39, 0.29) is 18.6 Å². The van der Waals surface area contributed by atoms with Crippen molar-refractivity contribution in [2.45, 2.75) is 19.4 Å². The second kappa shape index (κ2) is 8.23. The van der Waals surface area contributed by atoms with Crippen LogP contribution in [0.25, 0.3) is 16.2 Å². The minimum Gasteiger partial charge on any atom is -0.462 e. The van der Waals surface area contributed by atoms with E-state index >= 15 is 0 Å². The Morgan fingerprint density at radius 1 is 1.23 bits per heavy atom. The molecule has 1 unspecified atom stereocenters. The van der Waals surface area contributed by atoms with Gasteiger partial charge in [0.2, 0.25) is 16.9 Å². The molecule has 0 radical (unpaired) electrons. The number of fused-ring (bicyclic) bond motifs is 1. The van der Waals surface area contributed by atoms with Crippen LogP contribution in [0.2, 0.25) is 0 Å². The summed E-state index contributed by atoms with van der Waals surface area (Å²) in [6, 6.07) is 17.6. The highest BCUT2D eigenvalue weighted by Crippen LogP contribution is 2.27. The summed E-state index contributed by atoms with van der Waals surface area (Å²) in [5.41, 5.74) is 3.53. The van der Waals surface area contributed by atoms with Gasteiger partial charge in [-0.1, -0.05) is 59.9 Å². The second-order valence-electron chi connectivity index (χ2n) is 7.23. The highest BCUT2D eigenvalue weighted by Gasteiger charge is 2.22. The van der Waals surface area contributed by atoms with E-state index in [0.29, 0.717) is 5.56 Å². The lowest BCUT2D eigenvalue weighted by molar-refractivity contribution is 0.0764. The van der Waals surface area contributed by atoms with E-state index in [1.54, 1.807) is 23.8 Å². The molecule has 5 rings (SSSR count). The molecule has 2 aromatic heterocycles. The largest absolute Gasteiger partial charge is 0.462 e. The van der Waals surface area contributed by atoms with Crippen LogP contribution >= 0.6 is 11.3 Å². The number of carbonyl (C=O) groups is 1. The normalized spacial score (nSPS) is 14.0. The summed E-state index contributed by atoms with van der Waals surface area (Å²) in [6.45, 7) is 1.79. The highest BCUT2D eigenvalue weighted by molar-refractivity contribution is 7.20. The number of anilines is 1. The van der Waals surface area contributed by atoms with Crippen LogP contribution in [0, 0.1) is 0 Å². The quantitative estimate of drug-likeness (QED) is 0.433. The molecule has 1 atom stereocenters. The fraction of sp³-hybridized carbons (Fsp3) is 0.174. The predicted octanol–water partition coefficient (Wildman–Crippen LogP) is 4.53. The summed E-state index contributed by atoms with van der Waals surface area (Å²) in [5.74, 6) is 0.780. The minimum absolute atomic E-state index is 0.0318. The summed E-state index contributed by atoms with van der Waals surface area (Å²) >= 11 is 1.46. The van der Waals surface area contributed by atoms with Crippen molar-refractivity contribution in [2.75, 3.05) is 12.1 Å². The summed E-state index contributed by atoms with van der Waals surface area (Å²) in [6.07, 6.45) is 4.26. The molecule has 4 aromatic rings. The van der Waals surface area contributed by atoms with Crippen LogP contribution in [-0.4, -0.2) is 33.2 Å². The standard InChI is InChI=1S/C23H20N4O3S/c1-15(28)17-8-5-9-18(11-17)20-12-27-23(25-20)31-22(26-27)24-19(21-13-29-14-30-21)10-16-6-3-2-4-7-16/h2-9,11-13,19H,10,14H2,1H3,(H,24,26). The van der Waals surface area contributed by atoms with E-state index in [0.717, 1.165) is 33.5 Å². The fourth-order valence-corrected chi connectivity index (χ4v) is 4.29. The number of Topliss-reactive ketones (excluding diaryl/α,β-unsaturated/α-hetero) is 1. The molecule has 0 spiro atoms. The van der Waals surface area contributed by atoms with Gasteiger partial charge in [0.25, 0.3) is 0 Å². The van der Waals surface area contributed by atoms with Crippen LogP contribution in [-0.2, 0) is 15.9 Å².